The Morgan fingerprint density at radius 3 is 2.00 bits per heavy atom. The van der Waals surface area contributed by atoms with Crippen molar-refractivity contribution in [2.45, 2.75) is 19.1 Å². The van der Waals surface area contributed by atoms with Crippen molar-refractivity contribution in [2.24, 2.45) is 0 Å². The van der Waals surface area contributed by atoms with Crippen molar-refractivity contribution in [3.05, 3.63) is 60.2 Å². The van der Waals surface area contributed by atoms with Gasteiger partial charge in [0.05, 0.1) is 0 Å². The fourth-order valence-corrected chi connectivity index (χ4v) is 3.07. The average molecular weight is 302 g/mol. The largest absolute Gasteiger partial charge is 0.293 e. The van der Waals surface area contributed by atoms with Gasteiger partial charge in [0.25, 0.3) is 0 Å². The summed E-state index contributed by atoms with van der Waals surface area (Å²) in [5.41, 5.74) is 2.49. The van der Waals surface area contributed by atoms with E-state index in [4.69, 9.17) is 0 Å². The molecule has 0 radical (unpaired) electrons. The van der Waals surface area contributed by atoms with Gasteiger partial charge in [-0.05, 0) is 18.1 Å². The minimum atomic E-state index is -3.36. The number of rotatable bonds is 5. The zero-order chi connectivity index (χ0) is 15.5. The molecule has 0 saturated heterocycles. The number of sulfone groups is 1. The van der Waals surface area contributed by atoms with Gasteiger partial charge < -0.3 is 0 Å². The van der Waals surface area contributed by atoms with Crippen LogP contribution in [0.2, 0.25) is 0 Å². The minimum absolute atomic E-state index is 0.0258. The van der Waals surface area contributed by atoms with E-state index in [1.54, 1.807) is 19.1 Å². The summed E-state index contributed by atoms with van der Waals surface area (Å²) >= 11 is 0. The number of Topliss-reactive ketones (excluding diaryl/α,β-unsaturated/α-hetero) is 1. The van der Waals surface area contributed by atoms with Crippen LogP contribution in [-0.2, 0) is 9.84 Å². The summed E-state index contributed by atoms with van der Waals surface area (Å²) in [6, 6.07) is 16.9. The number of carbonyl (C=O) groups excluding carboxylic acids is 1. The van der Waals surface area contributed by atoms with E-state index < -0.39 is 15.1 Å². The summed E-state index contributed by atoms with van der Waals surface area (Å²) in [4.78, 5) is 12.2. The van der Waals surface area contributed by atoms with Crippen LogP contribution in [0.1, 0.15) is 24.2 Å². The first-order valence-corrected chi connectivity index (χ1v) is 8.58. The lowest BCUT2D eigenvalue weighted by molar-refractivity contribution is 0.0991. The van der Waals surface area contributed by atoms with Gasteiger partial charge in [-0.3, -0.25) is 4.79 Å². The number of hydrogen-bond acceptors (Lipinski definition) is 3. The van der Waals surface area contributed by atoms with Crippen LogP contribution in [0.3, 0.4) is 0 Å². The molecule has 0 fully saturated rings. The van der Waals surface area contributed by atoms with Gasteiger partial charge in [0, 0.05) is 11.3 Å². The second-order valence-corrected chi connectivity index (χ2v) is 7.51. The lowest BCUT2D eigenvalue weighted by Gasteiger charge is -2.11. The van der Waals surface area contributed by atoms with Crippen molar-refractivity contribution in [1.29, 1.82) is 0 Å². The molecule has 0 N–H and O–H groups in total. The topological polar surface area (TPSA) is 51.2 Å². The molecule has 2 aromatic carbocycles. The second-order valence-electron chi connectivity index (χ2n) is 4.90. The Kier molecular flexibility index (Phi) is 4.58. The standard InChI is InChI=1S/C17H18O3S/c1-3-21(19,20)13(2)17(18)16-11-9-15(10-12-16)14-7-5-4-6-8-14/h4-13H,3H2,1-2H3. The fraction of sp³-hybridized carbons (Fsp3) is 0.235. The van der Waals surface area contributed by atoms with Gasteiger partial charge in [0.15, 0.2) is 15.6 Å². The summed E-state index contributed by atoms with van der Waals surface area (Å²) in [7, 11) is -3.36. The summed E-state index contributed by atoms with van der Waals surface area (Å²) in [6.07, 6.45) is 0. The smallest absolute Gasteiger partial charge is 0.180 e. The first-order chi connectivity index (χ1) is 9.95. The molecule has 110 valence electrons. The first kappa shape index (κ1) is 15.4. The Bertz CT molecular complexity index is 716. The highest BCUT2D eigenvalue weighted by atomic mass is 32.2. The third kappa shape index (κ3) is 3.39. The van der Waals surface area contributed by atoms with Gasteiger partial charge in [-0.2, -0.15) is 0 Å². The van der Waals surface area contributed by atoms with E-state index in [2.05, 4.69) is 0 Å². The molecule has 4 heteroatoms. The highest BCUT2D eigenvalue weighted by Crippen LogP contribution is 2.20. The molecule has 2 aromatic rings. The van der Waals surface area contributed by atoms with Crippen molar-refractivity contribution in [3.8, 4) is 11.1 Å². The van der Waals surface area contributed by atoms with E-state index in [-0.39, 0.29) is 11.5 Å². The molecule has 0 heterocycles. The maximum atomic E-state index is 12.2. The molecular weight excluding hydrogens is 284 g/mol. The summed E-state index contributed by atoms with van der Waals surface area (Å²) in [6.45, 7) is 3.00. The Morgan fingerprint density at radius 2 is 1.48 bits per heavy atom. The third-order valence-electron chi connectivity index (χ3n) is 3.59. The van der Waals surface area contributed by atoms with E-state index in [9.17, 15) is 13.2 Å². The number of ketones is 1. The van der Waals surface area contributed by atoms with E-state index in [1.807, 2.05) is 42.5 Å². The normalized spacial score (nSPS) is 12.9. The van der Waals surface area contributed by atoms with Crippen molar-refractivity contribution in [3.63, 3.8) is 0 Å². The molecule has 21 heavy (non-hydrogen) atoms. The zero-order valence-corrected chi connectivity index (χ0v) is 12.9. The first-order valence-electron chi connectivity index (χ1n) is 6.87. The average Bonchev–Trinajstić information content (AvgIpc) is 2.54. The Labute approximate surface area is 125 Å². The highest BCUT2D eigenvalue weighted by molar-refractivity contribution is 7.92. The number of carbonyl (C=O) groups is 1. The molecule has 0 amide bonds. The van der Waals surface area contributed by atoms with Crippen molar-refractivity contribution in [2.75, 3.05) is 5.75 Å². The molecule has 0 aliphatic carbocycles. The van der Waals surface area contributed by atoms with Crippen molar-refractivity contribution in [1.82, 2.24) is 0 Å². The lowest BCUT2D eigenvalue weighted by atomic mass is 10.0. The molecule has 1 atom stereocenters. The summed E-state index contributed by atoms with van der Waals surface area (Å²) in [5, 5.41) is -0.995. The van der Waals surface area contributed by atoms with E-state index in [1.165, 1.54) is 6.92 Å². The molecule has 0 bridgehead atoms. The minimum Gasteiger partial charge on any atom is -0.293 e. The van der Waals surface area contributed by atoms with Gasteiger partial charge >= 0.3 is 0 Å². The van der Waals surface area contributed by atoms with Gasteiger partial charge in [-0.15, -0.1) is 0 Å². The van der Waals surface area contributed by atoms with E-state index in [0.717, 1.165) is 11.1 Å². The maximum absolute atomic E-state index is 12.2. The monoisotopic (exact) mass is 302 g/mol. The van der Waals surface area contributed by atoms with Crippen molar-refractivity contribution >= 4 is 15.6 Å². The third-order valence-corrected chi connectivity index (χ3v) is 5.68. The fourth-order valence-electron chi connectivity index (χ4n) is 2.11. The summed E-state index contributed by atoms with van der Waals surface area (Å²) in [5.74, 6) is -0.376. The maximum Gasteiger partial charge on any atom is 0.180 e. The lowest BCUT2D eigenvalue weighted by Crippen LogP contribution is -2.28. The molecule has 0 aliphatic rings. The van der Waals surface area contributed by atoms with Crippen LogP contribution in [0.4, 0.5) is 0 Å². The van der Waals surface area contributed by atoms with Crippen LogP contribution in [0.25, 0.3) is 11.1 Å². The van der Waals surface area contributed by atoms with E-state index >= 15 is 0 Å². The molecule has 0 aliphatic heterocycles. The SMILES string of the molecule is CCS(=O)(=O)C(C)C(=O)c1ccc(-c2ccccc2)cc1. The molecule has 2 rings (SSSR count). The van der Waals surface area contributed by atoms with Crippen LogP contribution in [0, 0.1) is 0 Å². The molecule has 0 spiro atoms. The second kappa shape index (κ2) is 6.22. The molecule has 1 unspecified atom stereocenters. The van der Waals surface area contributed by atoms with Crippen LogP contribution in [-0.4, -0.2) is 25.2 Å². The molecular formula is C17H18O3S. The highest BCUT2D eigenvalue weighted by Gasteiger charge is 2.26. The Hall–Kier alpha value is -1.94. The number of hydrogen-bond donors (Lipinski definition) is 0. The van der Waals surface area contributed by atoms with Gasteiger partial charge in [0.2, 0.25) is 0 Å². The van der Waals surface area contributed by atoms with Gasteiger partial charge in [-0.1, -0.05) is 61.5 Å². The predicted octanol–water partition coefficient (Wildman–Crippen LogP) is 3.36. The Balaban J connectivity index is 2.26. The van der Waals surface area contributed by atoms with Crippen LogP contribution >= 0.6 is 0 Å². The van der Waals surface area contributed by atoms with Gasteiger partial charge in [-0.25, -0.2) is 8.42 Å². The predicted molar refractivity (Wildman–Crippen MR) is 85.1 cm³/mol. The summed E-state index contributed by atoms with van der Waals surface area (Å²) < 4.78 is 23.6. The molecule has 0 saturated carbocycles. The van der Waals surface area contributed by atoms with Crippen LogP contribution in [0.5, 0.6) is 0 Å². The zero-order valence-electron chi connectivity index (χ0n) is 12.1. The van der Waals surface area contributed by atoms with Crippen LogP contribution < -0.4 is 0 Å². The Morgan fingerprint density at radius 1 is 0.952 bits per heavy atom. The number of benzene rings is 2. The molecule has 0 aromatic heterocycles. The van der Waals surface area contributed by atoms with Crippen LogP contribution in [0.15, 0.2) is 54.6 Å². The van der Waals surface area contributed by atoms with E-state index in [0.29, 0.717) is 5.56 Å². The van der Waals surface area contributed by atoms with Crippen molar-refractivity contribution < 1.29 is 13.2 Å². The molecule has 3 nitrogen and oxygen atoms in total. The quantitative estimate of drug-likeness (QED) is 0.796. The van der Waals surface area contributed by atoms with Gasteiger partial charge in [0.1, 0.15) is 5.25 Å².